The minimum absolute atomic E-state index is 0.00379. The zero-order valence-corrected chi connectivity index (χ0v) is 9.37. The Hall–Kier alpha value is -1.42. The van der Waals surface area contributed by atoms with Gasteiger partial charge < -0.3 is 9.84 Å². The van der Waals surface area contributed by atoms with Crippen LogP contribution in [0.15, 0.2) is 18.2 Å². The van der Waals surface area contributed by atoms with Gasteiger partial charge in [0.25, 0.3) is 0 Å². The lowest BCUT2D eigenvalue weighted by Crippen LogP contribution is -2.08. The maximum Gasteiger partial charge on any atom is 0.165 e. The molecule has 0 aliphatic heterocycles. The molecule has 0 heterocycles. The molecule has 0 radical (unpaired) electrons. The highest BCUT2D eigenvalue weighted by Gasteiger charge is 2.10. The van der Waals surface area contributed by atoms with Gasteiger partial charge in [-0.15, -0.1) is 0 Å². The van der Waals surface area contributed by atoms with Gasteiger partial charge >= 0.3 is 0 Å². The minimum atomic E-state index is -0.558. The predicted octanol–water partition coefficient (Wildman–Crippen LogP) is 2.18. The fourth-order valence-corrected chi connectivity index (χ4v) is 1.27. The number of aliphatic hydroxyl groups excluding tert-OH is 1. The quantitative estimate of drug-likeness (QED) is 0.783. The van der Waals surface area contributed by atoms with Gasteiger partial charge in [0.15, 0.2) is 17.3 Å². The number of rotatable bonds is 5. The van der Waals surface area contributed by atoms with Crippen molar-refractivity contribution in [3.05, 3.63) is 29.6 Å². The lowest BCUT2D eigenvalue weighted by atomic mass is 10.1. The minimum Gasteiger partial charge on any atom is -0.488 e. The first-order valence-electron chi connectivity index (χ1n) is 5.15. The van der Waals surface area contributed by atoms with Crippen molar-refractivity contribution in [2.45, 2.75) is 26.4 Å². The van der Waals surface area contributed by atoms with Crippen LogP contribution < -0.4 is 4.74 Å². The molecule has 0 spiro atoms. The number of ketones is 1. The average Bonchev–Trinajstić information content (AvgIpc) is 2.20. The van der Waals surface area contributed by atoms with Crippen LogP contribution in [0.1, 0.15) is 30.6 Å². The standard InChI is InChI=1S/C12H15FO3/c1-8(2)16-12-4-3-9(7-10(12)13)11(15)5-6-14/h3-4,7-8,14H,5-6H2,1-2H3. The van der Waals surface area contributed by atoms with Crippen molar-refractivity contribution in [2.24, 2.45) is 0 Å². The van der Waals surface area contributed by atoms with Crippen molar-refractivity contribution in [3.8, 4) is 5.75 Å². The van der Waals surface area contributed by atoms with Crippen molar-refractivity contribution in [1.82, 2.24) is 0 Å². The second-order valence-electron chi connectivity index (χ2n) is 3.71. The number of aliphatic hydroxyl groups is 1. The molecule has 0 saturated heterocycles. The maximum absolute atomic E-state index is 13.5. The number of carbonyl (C=O) groups excluding carboxylic acids is 1. The summed E-state index contributed by atoms with van der Waals surface area (Å²) in [6.45, 7) is 3.36. The van der Waals surface area contributed by atoms with Crippen molar-refractivity contribution in [2.75, 3.05) is 6.61 Å². The molecule has 0 atom stereocenters. The summed E-state index contributed by atoms with van der Waals surface area (Å²) in [5.41, 5.74) is 0.252. The molecule has 0 aromatic heterocycles. The molecule has 0 saturated carbocycles. The number of carbonyl (C=O) groups is 1. The van der Waals surface area contributed by atoms with Crippen molar-refractivity contribution in [1.29, 1.82) is 0 Å². The number of benzene rings is 1. The summed E-state index contributed by atoms with van der Waals surface area (Å²) in [7, 11) is 0. The summed E-state index contributed by atoms with van der Waals surface area (Å²) in [6, 6.07) is 4.06. The molecule has 0 bridgehead atoms. The van der Waals surface area contributed by atoms with E-state index in [1.54, 1.807) is 13.8 Å². The Morgan fingerprint density at radius 3 is 2.69 bits per heavy atom. The Bertz CT molecular complexity index is 375. The van der Waals surface area contributed by atoms with Crippen LogP contribution in [0.2, 0.25) is 0 Å². The summed E-state index contributed by atoms with van der Waals surface area (Å²) in [6.07, 6.45) is -0.113. The molecule has 1 aromatic rings. The van der Waals surface area contributed by atoms with E-state index in [2.05, 4.69) is 0 Å². The van der Waals surface area contributed by atoms with Gasteiger partial charge in [-0.2, -0.15) is 0 Å². The lowest BCUT2D eigenvalue weighted by Gasteiger charge is -2.11. The molecular weight excluding hydrogens is 211 g/mol. The van der Waals surface area contributed by atoms with Gasteiger partial charge in [-0.3, -0.25) is 4.79 Å². The van der Waals surface area contributed by atoms with E-state index >= 15 is 0 Å². The summed E-state index contributed by atoms with van der Waals surface area (Å²) in [4.78, 5) is 11.4. The molecule has 1 aromatic carbocycles. The summed E-state index contributed by atoms with van der Waals surface area (Å²) >= 11 is 0. The summed E-state index contributed by atoms with van der Waals surface area (Å²) < 4.78 is 18.7. The number of hydrogen-bond donors (Lipinski definition) is 1. The van der Waals surface area contributed by atoms with Gasteiger partial charge in [0.05, 0.1) is 12.7 Å². The molecule has 1 rings (SSSR count). The number of hydrogen-bond acceptors (Lipinski definition) is 3. The Kier molecular flexibility index (Phi) is 4.43. The zero-order valence-electron chi connectivity index (χ0n) is 9.37. The average molecular weight is 226 g/mol. The fraction of sp³-hybridized carbons (Fsp3) is 0.417. The molecule has 0 aliphatic carbocycles. The fourth-order valence-electron chi connectivity index (χ4n) is 1.27. The van der Waals surface area contributed by atoms with Gasteiger partial charge in [0.1, 0.15) is 0 Å². The van der Waals surface area contributed by atoms with Crippen LogP contribution in [0.25, 0.3) is 0 Å². The van der Waals surface area contributed by atoms with Crippen LogP contribution in [0.3, 0.4) is 0 Å². The Morgan fingerprint density at radius 1 is 1.50 bits per heavy atom. The highest BCUT2D eigenvalue weighted by Crippen LogP contribution is 2.20. The van der Waals surface area contributed by atoms with E-state index in [4.69, 9.17) is 9.84 Å². The first kappa shape index (κ1) is 12.6. The van der Waals surface area contributed by atoms with Gasteiger partial charge in [-0.1, -0.05) is 0 Å². The predicted molar refractivity (Wildman–Crippen MR) is 58.2 cm³/mol. The van der Waals surface area contributed by atoms with Gasteiger partial charge in [-0.25, -0.2) is 4.39 Å². The first-order chi connectivity index (χ1) is 7.54. The van der Waals surface area contributed by atoms with Crippen molar-refractivity contribution >= 4 is 5.78 Å². The Morgan fingerprint density at radius 2 is 2.19 bits per heavy atom. The molecule has 16 heavy (non-hydrogen) atoms. The SMILES string of the molecule is CC(C)Oc1ccc(C(=O)CCO)cc1F. The maximum atomic E-state index is 13.5. The van der Waals surface area contributed by atoms with Crippen molar-refractivity contribution in [3.63, 3.8) is 0 Å². The third-order valence-electron chi connectivity index (χ3n) is 1.96. The summed E-state index contributed by atoms with van der Waals surface area (Å²) in [5.74, 6) is -0.703. The van der Waals surface area contributed by atoms with Gasteiger partial charge in [0.2, 0.25) is 0 Å². The van der Waals surface area contributed by atoms with E-state index < -0.39 is 5.82 Å². The summed E-state index contributed by atoms with van der Waals surface area (Å²) in [5, 5.41) is 8.60. The van der Waals surface area contributed by atoms with Crippen LogP contribution in [-0.2, 0) is 0 Å². The zero-order chi connectivity index (χ0) is 12.1. The molecular formula is C12H15FO3. The molecule has 88 valence electrons. The molecule has 1 N–H and O–H groups in total. The van der Waals surface area contributed by atoms with Crippen LogP contribution in [0.4, 0.5) is 4.39 Å². The normalized spacial score (nSPS) is 10.6. The van der Waals surface area contributed by atoms with E-state index in [1.807, 2.05) is 0 Å². The van der Waals surface area contributed by atoms with Crippen LogP contribution in [0.5, 0.6) is 5.75 Å². The van der Waals surface area contributed by atoms with E-state index in [1.165, 1.54) is 12.1 Å². The third kappa shape index (κ3) is 3.31. The van der Waals surface area contributed by atoms with Crippen molar-refractivity contribution < 1.29 is 19.0 Å². The van der Waals surface area contributed by atoms with Gasteiger partial charge in [-0.05, 0) is 32.0 Å². The van der Waals surface area contributed by atoms with Gasteiger partial charge in [0, 0.05) is 12.0 Å². The Balaban J connectivity index is 2.86. The third-order valence-corrected chi connectivity index (χ3v) is 1.96. The monoisotopic (exact) mass is 226 g/mol. The molecule has 0 amide bonds. The molecule has 4 heteroatoms. The highest BCUT2D eigenvalue weighted by molar-refractivity contribution is 5.96. The smallest absolute Gasteiger partial charge is 0.165 e. The molecule has 3 nitrogen and oxygen atoms in total. The largest absolute Gasteiger partial charge is 0.488 e. The van der Waals surface area contributed by atoms with Crippen LogP contribution >= 0.6 is 0 Å². The van der Waals surface area contributed by atoms with E-state index in [0.717, 1.165) is 6.07 Å². The molecule has 0 fully saturated rings. The van der Waals surface area contributed by atoms with E-state index in [0.29, 0.717) is 0 Å². The highest BCUT2D eigenvalue weighted by atomic mass is 19.1. The molecule has 0 aliphatic rings. The second kappa shape index (κ2) is 5.61. The number of ether oxygens (including phenoxy) is 1. The van der Waals surface area contributed by atoms with E-state index in [9.17, 15) is 9.18 Å². The topological polar surface area (TPSA) is 46.5 Å². The number of Topliss-reactive ketones (excluding diaryl/α,β-unsaturated/α-hetero) is 1. The second-order valence-corrected chi connectivity index (χ2v) is 3.71. The first-order valence-corrected chi connectivity index (χ1v) is 5.15. The van der Waals surface area contributed by atoms with Crippen LogP contribution in [0, 0.1) is 5.82 Å². The van der Waals surface area contributed by atoms with E-state index in [-0.39, 0.29) is 36.2 Å². The number of halogens is 1. The lowest BCUT2D eigenvalue weighted by molar-refractivity contribution is 0.0956. The van der Waals surface area contributed by atoms with Crippen LogP contribution in [-0.4, -0.2) is 23.6 Å². The Labute approximate surface area is 93.9 Å². The molecule has 0 unspecified atom stereocenters.